The van der Waals surface area contributed by atoms with Crippen LogP contribution in [-0.2, 0) is 0 Å². The number of H-pyrrole nitrogens is 1. The van der Waals surface area contributed by atoms with Gasteiger partial charge in [0, 0.05) is 30.1 Å². The highest BCUT2D eigenvalue weighted by Crippen LogP contribution is 2.30. The van der Waals surface area contributed by atoms with Crippen molar-refractivity contribution in [1.82, 2.24) is 44.7 Å². The average molecular weight is 385 g/mol. The van der Waals surface area contributed by atoms with Crippen molar-refractivity contribution >= 4 is 23.1 Å². The number of imidazole rings is 1. The Morgan fingerprint density at radius 3 is 2.66 bits per heavy atom. The highest BCUT2D eigenvalue weighted by atomic mass is 15.3. The predicted molar refractivity (Wildman–Crippen MR) is 106 cm³/mol. The minimum atomic E-state index is 0.363. The molecule has 5 rings (SSSR count). The number of nitrogens with two attached hydrogens (primary N) is 1. The van der Waals surface area contributed by atoms with Crippen molar-refractivity contribution in [2.24, 2.45) is 0 Å². The van der Waals surface area contributed by atoms with Gasteiger partial charge in [0.25, 0.3) is 0 Å². The van der Waals surface area contributed by atoms with Crippen LogP contribution in [0.4, 0.5) is 17.5 Å². The first kappa shape index (κ1) is 16.7. The summed E-state index contributed by atoms with van der Waals surface area (Å²) in [7, 11) is 0. The largest absolute Gasteiger partial charge is 0.384 e. The number of nitrogens with zero attached hydrogens (tertiary/aromatic N) is 8. The topological polar surface area (TPSA) is 148 Å². The molecule has 5 heterocycles. The van der Waals surface area contributed by atoms with Crippen molar-refractivity contribution in [2.75, 3.05) is 11.1 Å². The minimum absolute atomic E-state index is 0.363. The number of hydrogen-bond donors (Lipinski definition) is 3. The second-order valence-electron chi connectivity index (χ2n) is 6.25. The molecular formula is C18H15N11. The van der Waals surface area contributed by atoms with Gasteiger partial charge in [0.1, 0.15) is 29.5 Å². The molecule has 0 aromatic carbocycles. The van der Waals surface area contributed by atoms with Gasteiger partial charge < -0.3 is 11.1 Å². The van der Waals surface area contributed by atoms with Crippen molar-refractivity contribution < 1.29 is 0 Å². The lowest BCUT2D eigenvalue weighted by Gasteiger charge is -2.07. The van der Waals surface area contributed by atoms with Crippen LogP contribution in [0.3, 0.4) is 0 Å². The fourth-order valence-corrected chi connectivity index (χ4v) is 3.00. The molecule has 29 heavy (non-hydrogen) atoms. The Morgan fingerprint density at radius 2 is 1.90 bits per heavy atom. The summed E-state index contributed by atoms with van der Waals surface area (Å²) < 4.78 is 1.71. The average Bonchev–Trinajstić information content (AvgIpc) is 3.35. The van der Waals surface area contributed by atoms with Gasteiger partial charge in [-0.25, -0.2) is 29.4 Å². The first-order chi connectivity index (χ1) is 14.2. The van der Waals surface area contributed by atoms with Gasteiger partial charge >= 0.3 is 0 Å². The molecule has 0 aliphatic rings. The lowest BCUT2D eigenvalue weighted by atomic mass is 10.2. The first-order valence-corrected chi connectivity index (χ1v) is 8.70. The molecule has 0 saturated heterocycles. The molecule has 5 aromatic rings. The van der Waals surface area contributed by atoms with Gasteiger partial charge in [0.2, 0.25) is 0 Å². The molecule has 0 aliphatic heterocycles. The number of aromatic amines is 1. The van der Waals surface area contributed by atoms with Gasteiger partial charge in [-0.15, -0.1) is 0 Å². The number of rotatable bonds is 4. The number of fused-ring (bicyclic) bond motifs is 1. The number of anilines is 3. The lowest BCUT2D eigenvalue weighted by molar-refractivity contribution is 0.936. The standard InChI is InChI=1S/C18H15N11/c1-10-23-13(6-14(19)24-10)17-18(25-15-4-5-22-27-15)26-16-3-2-12(28-29(16)17)11-7-20-9-21-8-11/h2-9H,1H3,(H2,19,23,24)(H2,22,25,27). The number of nitrogens with one attached hydrogen (secondary N) is 2. The molecule has 11 nitrogen and oxygen atoms in total. The summed E-state index contributed by atoms with van der Waals surface area (Å²) in [4.78, 5) is 21.5. The molecule has 0 amide bonds. The molecule has 0 fully saturated rings. The highest BCUT2D eigenvalue weighted by Gasteiger charge is 2.19. The van der Waals surface area contributed by atoms with E-state index in [0.29, 0.717) is 46.0 Å². The van der Waals surface area contributed by atoms with Gasteiger partial charge in [0.15, 0.2) is 11.5 Å². The van der Waals surface area contributed by atoms with Crippen LogP contribution in [-0.4, -0.2) is 44.7 Å². The Morgan fingerprint density at radius 1 is 1.03 bits per heavy atom. The maximum absolute atomic E-state index is 5.96. The van der Waals surface area contributed by atoms with E-state index in [0.717, 1.165) is 5.56 Å². The van der Waals surface area contributed by atoms with Crippen LogP contribution in [0.25, 0.3) is 28.3 Å². The second-order valence-corrected chi connectivity index (χ2v) is 6.25. The molecule has 0 saturated carbocycles. The van der Waals surface area contributed by atoms with E-state index in [9.17, 15) is 0 Å². The van der Waals surface area contributed by atoms with E-state index in [2.05, 4.69) is 40.4 Å². The Balaban J connectivity index is 1.75. The predicted octanol–water partition coefficient (Wildman–Crippen LogP) is 2.00. The van der Waals surface area contributed by atoms with Crippen molar-refractivity contribution in [3.8, 4) is 22.6 Å². The maximum atomic E-state index is 5.96. The molecule has 0 spiro atoms. The zero-order valence-electron chi connectivity index (χ0n) is 15.3. The molecule has 0 aliphatic carbocycles. The van der Waals surface area contributed by atoms with Crippen molar-refractivity contribution in [3.63, 3.8) is 0 Å². The second kappa shape index (κ2) is 6.64. The fraction of sp³-hybridized carbons (Fsp3) is 0.0556. The van der Waals surface area contributed by atoms with Crippen LogP contribution in [0.1, 0.15) is 5.82 Å². The third kappa shape index (κ3) is 3.10. The van der Waals surface area contributed by atoms with E-state index in [1.54, 1.807) is 42.2 Å². The monoisotopic (exact) mass is 385 g/mol. The van der Waals surface area contributed by atoms with E-state index in [-0.39, 0.29) is 0 Å². The zero-order chi connectivity index (χ0) is 19.8. The van der Waals surface area contributed by atoms with Gasteiger partial charge in [-0.2, -0.15) is 10.2 Å². The van der Waals surface area contributed by atoms with Crippen molar-refractivity contribution in [2.45, 2.75) is 6.92 Å². The van der Waals surface area contributed by atoms with Crippen LogP contribution < -0.4 is 11.1 Å². The molecule has 142 valence electrons. The molecule has 0 radical (unpaired) electrons. The quantitative estimate of drug-likeness (QED) is 0.422. The Hall–Kier alpha value is -4.41. The highest BCUT2D eigenvalue weighted by molar-refractivity contribution is 5.78. The summed E-state index contributed by atoms with van der Waals surface area (Å²) in [6.07, 6.45) is 6.53. The summed E-state index contributed by atoms with van der Waals surface area (Å²) in [6.45, 7) is 1.78. The van der Waals surface area contributed by atoms with Crippen LogP contribution >= 0.6 is 0 Å². The molecule has 4 N–H and O–H groups in total. The van der Waals surface area contributed by atoms with Gasteiger partial charge in [-0.3, -0.25) is 5.10 Å². The number of hydrogen-bond acceptors (Lipinski definition) is 9. The normalized spacial score (nSPS) is 11.1. The van der Waals surface area contributed by atoms with Crippen LogP contribution in [0.2, 0.25) is 0 Å². The Labute approximate surface area is 164 Å². The molecule has 11 heteroatoms. The molecule has 0 atom stereocenters. The third-order valence-electron chi connectivity index (χ3n) is 4.19. The van der Waals surface area contributed by atoms with E-state index in [1.165, 1.54) is 6.33 Å². The van der Waals surface area contributed by atoms with Crippen molar-refractivity contribution in [3.05, 3.63) is 55.0 Å². The van der Waals surface area contributed by atoms with Crippen LogP contribution in [0.5, 0.6) is 0 Å². The Bertz CT molecular complexity index is 1270. The summed E-state index contributed by atoms with van der Waals surface area (Å²) in [6, 6.07) is 7.22. The lowest BCUT2D eigenvalue weighted by Crippen LogP contribution is -2.03. The molecule has 0 bridgehead atoms. The fourth-order valence-electron chi connectivity index (χ4n) is 3.00. The van der Waals surface area contributed by atoms with E-state index in [4.69, 9.17) is 10.8 Å². The maximum Gasteiger partial charge on any atom is 0.162 e. The molecule has 5 aromatic heterocycles. The summed E-state index contributed by atoms with van der Waals surface area (Å²) >= 11 is 0. The van der Waals surface area contributed by atoms with E-state index < -0.39 is 0 Å². The Kier molecular flexibility index (Phi) is 3.83. The number of aromatic nitrogens is 9. The SMILES string of the molecule is Cc1nc(N)cc(-c2c(Nc3ccn[nH]3)nc3ccc(-c4cncnc4)nn23)n1. The summed E-state index contributed by atoms with van der Waals surface area (Å²) in [5.74, 6) is 2.16. The zero-order valence-corrected chi connectivity index (χ0v) is 15.3. The van der Waals surface area contributed by atoms with E-state index in [1.807, 2.05) is 12.1 Å². The summed E-state index contributed by atoms with van der Waals surface area (Å²) in [5, 5.41) is 14.8. The van der Waals surface area contributed by atoms with Gasteiger partial charge in [-0.1, -0.05) is 0 Å². The number of aryl methyl sites for hydroxylation is 1. The number of nitrogen functional groups attached to an aromatic ring is 1. The van der Waals surface area contributed by atoms with E-state index >= 15 is 0 Å². The summed E-state index contributed by atoms with van der Waals surface area (Å²) in [5.41, 5.74) is 9.32. The van der Waals surface area contributed by atoms with Crippen LogP contribution in [0.15, 0.2) is 49.2 Å². The first-order valence-electron chi connectivity index (χ1n) is 8.70. The minimum Gasteiger partial charge on any atom is -0.384 e. The smallest absolute Gasteiger partial charge is 0.162 e. The molecule has 0 unspecified atom stereocenters. The molecular weight excluding hydrogens is 370 g/mol. The van der Waals surface area contributed by atoms with Crippen molar-refractivity contribution in [1.29, 1.82) is 0 Å². The van der Waals surface area contributed by atoms with Crippen LogP contribution in [0, 0.1) is 6.92 Å². The van der Waals surface area contributed by atoms with Gasteiger partial charge in [-0.05, 0) is 19.1 Å². The third-order valence-corrected chi connectivity index (χ3v) is 4.19. The van der Waals surface area contributed by atoms with Gasteiger partial charge in [0.05, 0.1) is 17.6 Å².